The van der Waals surface area contributed by atoms with Crippen LogP contribution in [0, 0.1) is 0 Å². The van der Waals surface area contributed by atoms with Crippen molar-refractivity contribution in [3.63, 3.8) is 0 Å². The Morgan fingerprint density at radius 2 is 2.20 bits per heavy atom. The molecular weight excluding hydrogens is 289 g/mol. The normalized spacial score (nSPS) is 20.9. The molecule has 112 valence electrons. The maximum Gasteiger partial charge on any atom is 0.417 e. The van der Waals surface area contributed by atoms with Crippen molar-refractivity contribution in [1.82, 2.24) is 5.32 Å². The predicted molar refractivity (Wildman–Crippen MR) is 75.2 cm³/mol. The molecule has 20 heavy (non-hydrogen) atoms. The van der Waals surface area contributed by atoms with Crippen molar-refractivity contribution in [2.24, 2.45) is 0 Å². The molecular formula is C14H18ClF3N2. The van der Waals surface area contributed by atoms with Crippen LogP contribution in [0.5, 0.6) is 0 Å². The lowest BCUT2D eigenvalue weighted by Crippen LogP contribution is -2.29. The van der Waals surface area contributed by atoms with Crippen LogP contribution in [0.3, 0.4) is 0 Å². The summed E-state index contributed by atoms with van der Waals surface area (Å²) >= 11 is 5.60. The standard InChI is InChI=1S/C14H18ClF3N2/c1-9(7-10-3-2-6-19-10)20-11-4-5-13(15)12(8-11)14(16,17)18/h4-5,8-10,19-20H,2-3,6-7H2,1H3. The third kappa shape index (κ3) is 4.03. The lowest BCUT2D eigenvalue weighted by atomic mass is 10.1. The quantitative estimate of drug-likeness (QED) is 0.866. The van der Waals surface area contributed by atoms with E-state index in [4.69, 9.17) is 11.6 Å². The highest BCUT2D eigenvalue weighted by Crippen LogP contribution is 2.36. The second kappa shape index (κ2) is 6.22. The molecule has 6 heteroatoms. The van der Waals surface area contributed by atoms with Crippen LogP contribution in [0.15, 0.2) is 18.2 Å². The van der Waals surface area contributed by atoms with E-state index in [0.717, 1.165) is 31.9 Å². The zero-order valence-corrected chi connectivity index (χ0v) is 12.0. The molecule has 0 bridgehead atoms. The molecule has 1 aliphatic rings. The Morgan fingerprint density at radius 3 is 2.80 bits per heavy atom. The van der Waals surface area contributed by atoms with Crippen molar-refractivity contribution in [2.75, 3.05) is 11.9 Å². The number of rotatable bonds is 4. The third-order valence-electron chi connectivity index (χ3n) is 3.49. The Kier molecular flexibility index (Phi) is 4.81. The van der Waals surface area contributed by atoms with Crippen molar-refractivity contribution in [2.45, 2.75) is 44.4 Å². The van der Waals surface area contributed by atoms with Crippen molar-refractivity contribution >= 4 is 17.3 Å². The van der Waals surface area contributed by atoms with Crippen LogP contribution < -0.4 is 10.6 Å². The summed E-state index contributed by atoms with van der Waals surface area (Å²) in [4.78, 5) is 0. The van der Waals surface area contributed by atoms with Crippen LogP contribution in [0.1, 0.15) is 31.7 Å². The zero-order chi connectivity index (χ0) is 14.8. The molecule has 2 unspecified atom stereocenters. The van der Waals surface area contributed by atoms with E-state index in [-0.39, 0.29) is 11.1 Å². The van der Waals surface area contributed by atoms with E-state index in [1.54, 1.807) is 6.07 Å². The molecule has 1 aliphatic heterocycles. The van der Waals surface area contributed by atoms with Gasteiger partial charge in [-0.15, -0.1) is 0 Å². The monoisotopic (exact) mass is 306 g/mol. The molecule has 2 nitrogen and oxygen atoms in total. The van der Waals surface area contributed by atoms with Gasteiger partial charge < -0.3 is 10.6 Å². The molecule has 1 aromatic carbocycles. The molecule has 2 rings (SSSR count). The van der Waals surface area contributed by atoms with Crippen LogP contribution in [0.2, 0.25) is 5.02 Å². The molecule has 0 aromatic heterocycles. The predicted octanol–water partition coefficient (Wildman–Crippen LogP) is 4.30. The molecule has 2 N–H and O–H groups in total. The van der Waals surface area contributed by atoms with E-state index in [2.05, 4.69) is 10.6 Å². The van der Waals surface area contributed by atoms with Gasteiger partial charge in [-0.05, 0) is 50.9 Å². The number of hydrogen-bond donors (Lipinski definition) is 2. The average Bonchev–Trinajstić information content (AvgIpc) is 2.83. The van der Waals surface area contributed by atoms with Crippen LogP contribution >= 0.6 is 11.6 Å². The first-order valence-corrected chi connectivity index (χ1v) is 7.10. The molecule has 1 fully saturated rings. The minimum absolute atomic E-state index is 0.104. The molecule has 1 heterocycles. The summed E-state index contributed by atoms with van der Waals surface area (Å²) in [7, 11) is 0. The largest absolute Gasteiger partial charge is 0.417 e. The number of alkyl halides is 3. The first-order chi connectivity index (χ1) is 9.36. The summed E-state index contributed by atoms with van der Waals surface area (Å²) in [6.07, 6.45) is -1.24. The third-order valence-corrected chi connectivity index (χ3v) is 3.81. The van der Waals surface area contributed by atoms with Crippen LogP contribution in [0.25, 0.3) is 0 Å². The Bertz CT molecular complexity index is 456. The Labute approximate surface area is 121 Å². The van der Waals surface area contributed by atoms with Crippen molar-refractivity contribution < 1.29 is 13.2 Å². The SMILES string of the molecule is CC(CC1CCCN1)Nc1ccc(Cl)c(C(F)(F)F)c1. The lowest BCUT2D eigenvalue weighted by molar-refractivity contribution is -0.137. The highest BCUT2D eigenvalue weighted by Gasteiger charge is 2.33. The van der Waals surface area contributed by atoms with E-state index >= 15 is 0 Å². The van der Waals surface area contributed by atoms with E-state index in [1.165, 1.54) is 6.07 Å². The summed E-state index contributed by atoms with van der Waals surface area (Å²) in [5.74, 6) is 0. The van der Waals surface area contributed by atoms with Gasteiger partial charge in [0, 0.05) is 17.8 Å². The fraction of sp³-hybridized carbons (Fsp3) is 0.571. The first kappa shape index (κ1) is 15.4. The fourth-order valence-electron chi connectivity index (χ4n) is 2.56. The van der Waals surface area contributed by atoms with Gasteiger partial charge in [-0.2, -0.15) is 13.2 Å². The maximum absolute atomic E-state index is 12.8. The van der Waals surface area contributed by atoms with Crippen molar-refractivity contribution in [3.05, 3.63) is 28.8 Å². The summed E-state index contributed by atoms with van der Waals surface area (Å²) < 4.78 is 38.3. The molecule has 0 spiro atoms. The van der Waals surface area contributed by atoms with Gasteiger partial charge in [0.05, 0.1) is 10.6 Å². The smallest absolute Gasteiger partial charge is 0.383 e. The summed E-state index contributed by atoms with van der Waals surface area (Å²) in [6, 6.07) is 4.49. The van der Waals surface area contributed by atoms with Gasteiger partial charge in [0.1, 0.15) is 0 Å². The van der Waals surface area contributed by atoms with Gasteiger partial charge in [-0.3, -0.25) is 0 Å². The number of hydrogen-bond acceptors (Lipinski definition) is 2. The minimum Gasteiger partial charge on any atom is -0.383 e. The summed E-state index contributed by atoms with van der Waals surface area (Å²) in [6.45, 7) is 3.00. The Balaban J connectivity index is 2.01. The van der Waals surface area contributed by atoms with E-state index in [1.807, 2.05) is 6.92 Å². The van der Waals surface area contributed by atoms with Crippen LogP contribution in [-0.2, 0) is 6.18 Å². The Hall–Kier alpha value is -0.940. The van der Waals surface area contributed by atoms with Gasteiger partial charge in [-0.25, -0.2) is 0 Å². The van der Waals surface area contributed by atoms with Gasteiger partial charge in [0.2, 0.25) is 0 Å². The fourth-order valence-corrected chi connectivity index (χ4v) is 2.79. The highest BCUT2D eigenvalue weighted by atomic mass is 35.5. The Morgan fingerprint density at radius 1 is 1.45 bits per heavy atom. The molecule has 2 atom stereocenters. The number of benzene rings is 1. The van der Waals surface area contributed by atoms with Gasteiger partial charge >= 0.3 is 6.18 Å². The average molecular weight is 307 g/mol. The molecule has 0 aliphatic carbocycles. The first-order valence-electron chi connectivity index (χ1n) is 6.73. The van der Waals surface area contributed by atoms with Crippen molar-refractivity contribution in [1.29, 1.82) is 0 Å². The topological polar surface area (TPSA) is 24.1 Å². The number of halogens is 4. The van der Waals surface area contributed by atoms with E-state index in [0.29, 0.717) is 11.7 Å². The summed E-state index contributed by atoms with van der Waals surface area (Å²) in [5, 5.41) is 6.22. The highest BCUT2D eigenvalue weighted by molar-refractivity contribution is 6.31. The van der Waals surface area contributed by atoms with E-state index in [9.17, 15) is 13.2 Å². The molecule has 0 radical (unpaired) electrons. The summed E-state index contributed by atoms with van der Waals surface area (Å²) in [5.41, 5.74) is -0.345. The molecule has 1 saturated heterocycles. The second-order valence-electron chi connectivity index (χ2n) is 5.27. The number of anilines is 1. The maximum atomic E-state index is 12.8. The minimum atomic E-state index is -4.43. The van der Waals surface area contributed by atoms with Gasteiger partial charge in [-0.1, -0.05) is 11.6 Å². The van der Waals surface area contributed by atoms with Crippen molar-refractivity contribution in [3.8, 4) is 0 Å². The van der Waals surface area contributed by atoms with Crippen LogP contribution in [-0.4, -0.2) is 18.6 Å². The number of nitrogens with one attached hydrogen (secondary N) is 2. The molecule has 0 amide bonds. The van der Waals surface area contributed by atoms with Gasteiger partial charge in [0.25, 0.3) is 0 Å². The molecule has 0 saturated carbocycles. The van der Waals surface area contributed by atoms with Gasteiger partial charge in [0.15, 0.2) is 0 Å². The zero-order valence-electron chi connectivity index (χ0n) is 11.2. The van der Waals surface area contributed by atoms with Crippen LogP contribution in [0.4, 0.5) is 18.9 Å². The second-order valence-corrected chi connectivity index (χ2v) is 5.67. The molecule has 1 aromatic rings. The van der Waals surface area contributed by atoms with E-state index < -0.39 is 11.7 Å². The lowest BCUT2D eigenvalue weighted by Gasteiger charge is -2.20.